The monoisotopic (exact) mass is 235 g/mol. The van der Waals surface area contributed by atoms with E-state index < -0.39 is 0 Å². The van der Waals surface area contributed by atoms with E-state index in [0.717, 1.165) is 37.6 Å². The Labute approximate surface area is 102 Å². The van der Waals surface area contributed by atoms with E-state index in [1.165, 1.54) is 0 Å². The summed E-state index contributed by atoms with van der Waals surface area (Å²) in [6.07, 6.45) is 3.84. The van der Waals surface area contributed by atoms with Crippen LogP contribution in [0.25, 0.3) is 0 Å². The van der Waals surface area contributed by atoms with Gasteiger partial charge in [-0.1, -0.05) is 6.92 Å². The smallest absolute Gasteiger partial charge is 0.131 e. The molecule has 0 amide bonds. The normalized spacial score (nSPS) is 21.2. The molecule has 0 aliphatic carbocycles. The van der Waals surface area contributed by atoms with E-state index >= 15 is 0 Å². The predicted molar refractivity (Wildman–Crippen MR) is 70.3 cm³/mol. The van der Waals surface area contributed by atoms with Crippen LogP contribution in [0.1, 0.15) is 26.7 Å². The third kappa shape index (κ3) is 3.56. The zero-order chi connectivity index (χ0) is 12.1. The van der Waals surface area contributed by atoms with Crippen LogP contribution in [-0.4, -0.2) is 35.1 Å². The first-order valence-corrected chi connectivity index (χ1v) is 6.33. The highest BCUT2D eigenvalue weighted by molar-refractivity contribution is 5.47. The Morgan fingerprint density at radius 3 is 3.00 bits per heavy atom. The topological polar surface area (TPSA) is 61.9 Å². The molecule has 3 N–H and O–H groups in total. The minimum absolute atomic E-state index is 0.436. The SMILES string of the molecule is CCC(C)Nc1cc(NC2CCNC2)ncn1. The van der Waals surface area contributed by atoms with Gasteiger partial charge in [-0.25, -0.2) is 9.97 Å². The van der Waals surface area contributed by atoms with Gasteiger partial charge in [0.05, 0.1) is 0 Å². The molecule has 1 aromatic rings. The van der Waals surface area contributed by atoms with Gasteiger partial charge in [-0.05, 0) is 26.3 Å². The van der Waals surface area contributed by atoms with Gasteiger partial charge in [-0.2, -0.15) is 0 Å². The zero-order valence-electron chi connectivity index (χ0n) is 10.5. The summed E-state index contributed by atoms with van der Waals surface area (Å²) in [4.78, 5) is 8.47. The van der Waals surface area contributed by atoms with Crippen LogP contribution >= 0.6 is 0 Å². The Morgan fingerprint density at radius 2 is 2.29 bits per heavy atom. The van der Waals surface area contributed by atoms with Gasteiger partial charge < -0.3 is 16.0 Å². The molecule has 0 spiro atoms. The highest BCUT2D eigenvalue weighted by Gasteiger charge is 2.14. The molecule has 2 unspecified atom stereocenters. The lowest BCUT2D eigenvalue weighted by atomic mass is 10.2. The molecular formula is C12H21N5. The van der Waals surface area contributed by atoms with Crippen molar-refractivity contribution >= 4 is 11.6 Å². The number of anilines is 2. The van der Waals surface area contributed by atoms with E-state index in [9.17, 15) is 0 Å². The van der Waals surface area contributed by atoms with Crippen molar-refractivity contribution in [2.24, 2.45) is 0 Å². The van der Waals surface area contributed by atoms with Crippen LogP contribution in [0.4, 0.5) is 11.6 Å². The number of rotatable bonds is 5. The lowest BCUT2D eigenvalue weighted by molar-refractivity contribution is 0.757. The Kier molecular flexibility index (Phi) is 4.14. The molecule has 0 aromatic carbocycles. The van der Waals surface area contributed by atoms with E-state index in [4.69, 9.17) is 0 Å². The van der Waals surface area contributed by atoms with Crippen LogP contribution in [0.3, 0.4) is 0 Å². The molecule has 0 bridgehead atoms. The van der Waals surface area contributed by atoms with Crippen LogP contribution in [0, 0.1) is 0 Å². The molecule has 0 radical (unpaired) electrons. The van der Waals surface area contributed by atoms with E-state index in [2.05, 4.69) is 39.8 Å². The molecule has 1 saturated heterocycles. The van der Waals surface area contributed by atoms with Crippen molar-refractivity contribution in [1.82, 2.24) is 15.3 Å². The maximum Gasteiger partial charge on any atom is 0.131 e. The molecule has 5 heteroatoms. The lowest BCUT2D eigenvalue weighted by Gasteiger charge is -2.15. The summed E-state index contributed by atoms with van der Waals surface area (Å²) >= 11 is 0. The largest absolute Gasteiger partial charge is 0.367 e. The fourth-order valence-corrected chi connectivity index (χ4v) is 1.86. The maximum atomic E-state index is 4.25. The second kappa shape index (κ2) is 5.82. The molecule has 1 aliphatic rings. The van der Waals surface area contributed by atoms with Crippen molar-refractivity contribution in [1.29, 1.82) is 0 Å². The van der Waals surface area contributed by atoms with Gasteiger partial charge in [0.1, 0.15) is 18.0 Å². The summed E-state index contributed by atoms with van der Waals surface area (Å²) in [5.74, 6) is 1.79. The second-order valence-electron chi connectivity index (χ2n) is 4.58. The third-order valence-electron chi connectivity index (χ3n) is 3.09. The van der Waals surface area contributed by atoms with Gasteiger partial charge in [-0.3, -0.25) is 0 Å². The summed E-state index contributed by atoms with van der Waals surface area (Å²) in [5.41, 5.74) is 0. The standard InChI is InChI=1S/C12H21N5/c1-3-9(2)16-11-6-12(15-8-14-11)17-10-4-5-13-7-10/h6,8-10,13H,3-5,7H2,1-2H3,(H2,14,15,16,17). The quantitative estimate of drug-likeness (QED) is 0.721. The summed E-state index contributed by atoms with van der Waals surface area (Å²) < 4.78 is 0. The van der Waals surface area contributed by atoms with E-state index in [1.54, 1.807) is 6.33 Å². The lowest BCUT2D eigenvalue weighted by Crippen LogP contribution is -2.23. The van der Waals surface area contributed by atoms with Gasteiger partial charge in [0.15, 0.2) is 0 Å². The zero-order valence-corrected chi connectivity index (χ0v) is 10.5. The molecule has 2 heterocycles. The molecule has 2 atom stereocenters. The molecular weight excluding hydrogens is 214 g/mol. The molecule has 0 saturated carbocycles. The van der Waals surface area contributed by atoms with Crippen LogP contribution in [0.15, 0.2) is 12.4 Å². The molecule has 1 aliphatic heterocycles. The van der Waals surface area contributed by atoms with Crippen LogP contribution in [-0.2, 0) is 0 Å². The number of hydrogen-bond acceptors (Lipinski definition) is 5. The Morgan fingerprint density at radius 1 is 1.47 bits per heavy atom. The average Bonchev–Trinajstić information content (AvgIpc) is 2.82. The van der Waals surface area contributed by atoms with Gasteiger partial charge in [0, 0.05) is 24.7 Å². The fraction of sp³-hybridized carbons (Fsp3) is 0.667. The van der Waals surface area contributed by atoms with Crippen LogP contribution in [0.2, 0.25) is 0 Å². The Hall–Kier alpha value is -1.36. The number of nitrogens with zero attached hydrogens (tertiary/aromatic N) is 2. The number of nitrogens with one attached hydrogen (secondary N) is 3. The minimum atomic E-state index is 0.436. The Bertz CT molecular complexity index is 349. The van der Waals surface area contributed by atoms with Gasteiger partial charge >= 0.3 is 0 Å². The second-order valence-corrected chi connectivity index (χ2v) is 4.58. The van der Waals surface area contributed by atoms with E-state index in [1.807, 2.05) is 6.07 Å². The molecule has 94 valence electrons. The minimum Gasteiger partial charge on any atom is -0.367 e. The summed E-state index contributed by atoms with van der Waals surface area (Å²) in [6, 6.07) is 2.90. The maximum absolute atomic E-state index is 4.25. The first-order chi connectivity index (χ1) is 8.28. The average molecular weight is 235 g/mol. The highest BCUT2D eigenvalue weighted by atomic mass is 15.1. The number of aromatic nitrogens is 2. The first kappa shape index (κ1) is 12.1. The highest BCUT2D eigenvalue weighted by Crippen LogP contribution is 2.13. The Balaban J connectivity index is 1.95. The van der Waals surface area contributed by atoms with Crippen molar-refractivity contribution in [2.45, 2.75) is 38.8 Å². The molecule has 1 fully saturated rings. The van der Waals surface area contributed by atoms with E-state index in [-0.39, 0.29) is 0 Å². The first-order valence-electron chi connectivity index (χ1n) is 6.33. The van der Waals surface area contributed by atoms with Crippen molar-refractivity contribution in [2.75, 3.05) is 23.7 Å². The van der Waals surface area contributed by atoms with Crippen LogP contribution in [0.5, 0.6) is 0 Å². The fourth-order valence-electron chi connectivity index (χ4n) is 1.86. The summed E-state index contributed by atoms with van der Waals surface area (Å²) in [6.45, 7) is 6.40. The predicted octanol–water partition coefficient (Wildman–Crippen LogP) is 1.46. The van der Waals surface area contributed by atoms with Crippen LogP contribution < -0.4 is 16.0 Å². The van der Waals surface area contributed by atoms with Gasteiger partial charge in [-0.15, -0.1) is 0 Å². The molecule has 1 aromatic heterocycles. The summed E-state index contributed by atoms with van der Waals surface area (Å²) in [7, 11) is 0. The van der Waals surface area contributed by atoms with Crippen molar-refractivity contribution < 1.29 is 0 Å². The van der Waals surface area contributed by atoms with Gasteiger partial charge in [0.25, 0.3) is 0 Å². The van der Waals surface area contributed by atoms with Crippen molar-refractivity contribution in [3.8, 4) is 0 Å². The van der Waals surface area contributed by atoms with Gasteiger partial charge in [0.2, 0.25) is 0 Å². The number of hydrogen-bond donors (Lipinski definition) is 3. The van der Waals surface area contributed by atoms with Crippen molar-refractivity contribution in [3.05, 3.63) is 12.4 Å². The molecule has 5 nitrogen and oxygen atoms in total. The summed E-state index contributed by atoms with van der Waals surface area (Å²) in [5, 5.41) is 10.1. The molecule has 2 rings (SSSR count). The molecule has 17 heavy (non-hydrogen) atoms. The van der Waals surface area contributed by atoms with Crippen molar-refractivity contribution in [3.63, 3.8) is 0 Å². The third-order valence-corrected chi connectivity index (χ3v) is 3.09. The van der Waals surface area contributed by atoms with E-state index in [0.29, 0.717) is 12.1 Å².